The number of nitrogens with zero attached hydrogens (tertiary/aromatic N) is 2. The van der Waals surface area contributed by atoms with Crippen molar-refractivity contribution < 1.29 is 0 Å². The highest BCUT2D eigenvalue weighted by Crippen LogP contribution is 2.25. The van der Waals surface area contributed by atoms with Crippen molar-refractivity contribution in [1.82, 2.24) is 9.97 Å². The lowest BCUT2D eigenvalue weighted by Crippen LogP contribution is -2.04. The van der Waals surface area contributed by atoms with E-state index in [0.29, 0.717) is 0 Å². The Bertz CT molecular complexity index is 676. The van der Waals surface area contributed by atoms with E-state index in [-0.39, 0.29) is 0 Å². The lowest BCUT2D eigenvalue weighted by atomic mass is 10.1. The topological polar surface area (TPSA) is 37.8 Å². The Morgan fingerprint density at radius 2 is 1.95 bits per heavy atom. The zero-order chi connectivity index (χ0) is 13.1. The van der Waals surface area contributed by atoms with E-state index in [9.17, 15) is 0 Å². The average Bonchev–Trinajstić information content (AvgIpc) is 2.89. The van der Waals surface area contributed by atoms with Crippen molar-refractivity contribution in [3.05, 3.63) is 53.2 Å². The van der Waals surface area contributed by atoms with Crippen LogP contribution in [0, 0.1) is 0 Å². The number of nitrogens with one attached hydrogen (secondary N) is 1. The Morgan fingerprint density at radius 3 is 2.74 bits per heavy atom. The maximum absolute atomic E-state index is 4.64. The van der Waals surface area contributed by atoms with Crippen molar-refractivity contribution in [2.24, 2.45) is 0 Å². The predicted octanol–water partition coefficient (Wildman–Crippen LogP) is 3.71. The van der Waals surface area contributed by atoms with Gasteiger partial charge in [0.2, 0.25) is 0 Å². The van der Waals surface area contributed by atoms with Crippen LogP contribution in [0.15, 0.2) is 41.8 Å². The Hall–Kier alpha value is -1.94. The van der Waals surface area contributed by atoms with Gasteiger partial charge in [-0.3, -0.25) is 0 Å². The summed E-state index contributed by atoms with van der Waals surface area (Å²) >= 11 is 1.66. The van der Waals surface area contributed by atoms with Crippen molar-refractivity contribution in [1.29, 1.82) is 0 Å². The molecule has 0 atom stereocenters. The fraction of sp³-hybridized carbons (Fsp3) is 0.200. The number of rotatable bonds is 4. The van der Waals surface area contributed by atoms with Crippen molar-refractivity contribution in [3.8, 4) is 0 Å². The minimum Gasteiger partial charge on any atom is -0.370 e. The summed E-state index contributed by atoms with van der Waals surface area (Å²) in [6, 6.07) is 12.4. The Kier molecular flexibility index (Phi) is 3.42. The molecule has 4 heteroatoms. The quantitative estimate of drug-likeness (QED) is 0.784. The zero-order valence-corrected chi connectivity index (χ0v) is 11.6. The second-order valence-corrected chi connectivity index (χ2v) is 5.22. The molecule has 0 saturated heterocycles. The van der Waals surface area contributed by atoms with Gasteiger partial charge in [-0.25, -0.2) is 9.97 Å². The standard InChI is InChI=1S/C15H15N3S/c1-2-16-14-12-8-9-19-15(12)18-13(17-14)10-11-6-4-3-5-7-11/h3-9H,2,10H2,1H3,(H,16,17,18). The largest absolute Gasteiger partial charge is 0.370 e. The molecule has 3 nitrogen and oxygen atoms in total. The molecule has 0 radical (unpaired) electrons. The van der Waals surface area contributed by atoms with Crippen molar-refractivity contribution in [2.45, 2.75) is 13.3 Å². The van der Waals surface area contributed by atoms with Gasteiger partial charge < -0.3 is 5.32 Å². The van der Waals surface area contributed by atoms with Gasteiger partial charge in [0, 0.05) is 13.0 Å². The molecule has 3 rings (SSSR count). The van der Waals surface area contributed by atoms with E-state index in [1.165, 1.54) is 5.56 Å². The van der Waals surface area contributed by atoms with Crippen LogP contribution in [0.5, 0.6) is 0 Å². The summed E-state index contributed by atoms with van der Waals surface area (Å²) in [6.45, 7) is 2.95. The third-order valence-corrected chi connectivity index (χ3v) is 3.73. The number of thiophene rings is 1. The van der Waals surface area contributed by atoms with Gasteiger partial charge in [-0.05, 0) is 23.9 Å². The molecule has 19 heavy (non-hydrogen) atoms. The fourth-order valence-corrected chi connectivity index (χ4v) is 2.84. The highest BCUT2D eigenvalue weighted by atomic mass is 32.1. The van der Waals surface area contributed by atoms with E-state index in [4.69, 9.17) is 0 Å². The molecule has 1 aromatic carbocycles. The predicted molar refractivity (Wildman–Crippen MR) is 80.8 cm³/mol. The molecule has 0 unspecified atom stereocenters. The summed E-state index contributed by atoms with van der Waals surface area (Å²) < 4.78 is 0. The van der Waals surface area contributed by atoms with Crippen LogP contribution in [0.2, 0.25) is 0 Å². The van der Waals surface area contributed by atoms with Crippen molar-refractivity contribution in [2.75, 3.05) is 11.9 Å². The van der Waals surface area contributed by atoms with Gasteiger partial charge in [-0.2, -0.15) is 0 Å². The first kappa shape index (κ1) is 12.1. The molecule has 0 aliphatic heterocycles. The number of benzene rings is 1. The lowest BCUT2D eigenvalue weighted by Gasteiger charge is -2.07. The van der Waals surface area contributed by atoms with Gasteiger partial charge in [0.1, 0.15) is 16.5 Å². The van der Waals surface area contributed by atoms with Gasteiger partial charge in [-0.15, -0.1) is 11.3 Å². The van der Waals surface area contributed by atoms with E-state index in [1.54, 1.807) is 11.3 Å². The first-order valence-corrected chi connectivity index (χ1v) is 7.26. The minimum absolute atomic E-state index is 0.771. The smallest absolute Gasteiger partial charge is 0.138 e. The van der Waals surface area contributed by atoms with Gasteiger partial charge in [0.15, 0.2) is 0 Å². The summed E-state index contributed by atoms with van der Waals surface area (Å²) in [4.78, 5) is 10.3. The number of anilines is 1. The summed E-state index contributed by atoms with van der Waals surface area (Å²) in [6.07, 6.45) is 0.771. The maximum atomic E-state index is 4.64. The number of fused-ring (bicyclic) bond motifs is 1. The van der Waals surface area contributed by atoms with E-state index in [2.05, 4.69) is 45.8 Å². The molecule has 0 bridgehead atoms. The highest BCUT2D eigenvalue weighted by molar-refractivity contribution is 7.16. The number of aromatic nitrogens is 2. The summed E-state index contributed by atoms with van der Waals surface area (Å²) in [5.41, 5.74) is 1.24. The van der Waals surface area contributed by atoms with Crippen LogP contribution in [0.1, 0.15) is 18.3 Å². The number of hydrogen-bond acceptors (Lipinski definition) is 4. The minimum atomic E-state index is 0.771. The van der Waals surface area contributed by atoms with E-state index in [0.717, 1.165) is 34.8 Å². The third kappa shape index (κ3) is 2.58. The van der Waals surface area contributed by atoms with Gasteiger partial charge in [0.05, 0.1) is 5.39 Å². The van der Waals surface area contributed by atoms with Crippen LogP contribution in [0.4, 0.5) is 5.82 Å². The molecule has 2 aromatic heterocycles. The maximum Gasteiger partial charge on any atom is 0.138 e. The fourth-order valence-electron chi connectivity index (χ4n) is 2.06. The molecule has 0 fully saturated rings. The van der Waals surface area contributed by atoms with E-state index < -0.39 is 0 Å². The van der Waals surface area contributed by atoms with Crippen LogP contribution in [0.3, 0.4) is 0 Å². The van der Waals surface area contributed by atoms with Gasteiger partial charge >= 0.3 is 0 Å². The average molecular weight is 269 g/mol. The van der Waals surface area contributed by atoms with Gasteiger partial charge in [0.25, 0.3) is 0 Å². The Labute approximate surface area is 116 Å². The number of hydrogen-bond donors (Lipinski definition) is 1. The molecule has 2 heterocycles. The molecule has 0 aliphatic carbocycles. The zero-order valence-electron chi connectivity index (χ0n) is 10.8. The summed E-state index contributed by atoms with van der Waals surface area (Å²) in [7, 11) is 0. The molecule has 0 aliphatic rings. The van der Waals surface area contributed by atoms with E-state index in [1.807, 2.05) is 18.2 Å². The Balaban J connectivity index is 1.99. The molecule has 3 aromatic rings. The molecular weight excluding hydrogens is 254 g/mol. The van der Waals surface area contributed by atoms with Crippen molar-refractivity contribution in [3.63, 3.8) is 0 Å². The third-order valence-electron chi connectivity index (χ3n) is 2.92. The lowest BCUT2D eigenvalue weighted by molar-refractivity contribution is 0.990. The molecule has 0 saturated carbocycles. The van der Waals surface area contributed by atoms with Crippen LogP contribution < -0.4 is 5.32 Å². The first-order valence-electron chi connectivity index (χ1n) is 6.38. The SMILES string of the molecule is CCNc1nc(Cc2ccccc2)nc2sccc12. The normalized spacial score (nSPS) is 10.8. The van der Waals surface area contributed by atoms with Gasteiger partial charge in [-0.1, -0.05) is 30.3 Å². The first-order chi connectivity index (χ1) is 9.36. The van der Waals surface area contributed by atoms with Crippen LogP contribution >= 0.6 is 11.3 Å². The second-order valence-electron chi connectivity index (χ2n) is 4.32. The summed E-state index contributed by atoms with van der Waals surface area (Å²) in [5, 5.41) is 6.49. The summed E-state index contributed by atoms with van der Waals surface area (Å²) in [5.74, 6) is 1.82. The van der Waals surface area contributed by atoms with Crippen LogP contribution in [-0.4, -0.2) is 16.5 Å². The molecule has 96 valence electrons. The Morgan fingerprint density at radius 1 is 1.11 bits per heavy atom. The molecule has 0 spiro atoms. The molecule has 0 amide bonds. The van der Waals surface area contributed by atoms with Crippen molar-refractivity contribution >= 4 is 27.4 Å². The van der Waals surface area contributed by atoms with E-state index >= 15 is 0 Å². The molecular formula is C15H15N3S. The van der Waals surface area contributed by atoms with Crippen LogP contribution in [0.25, 0.3) is 10.2 Å². The second kappa shape index (κ2) is 5.36. The molecule has 1 N–H and O–H groups in total. The highest BCUT2D eigenvalue weighted by Gasteiger charge is 2.08. The monoisotopic (exact) mass is 269 g/mol. The van der Waals surface area contributed by atoms with Crippen LogP contribution in [-0.2, 0) is 6.42 Å².